The normalized spacial score (nSPS) is 14.4. The van der Waals surface area contributed by atoms with E-state index in [1.165, 1.54) is 6.20 Å². The van der Waals surface area contributed by atoms with Crippen LogP contribution in [0.3, 0.4) is 0 Å². The van der Waals surface area contributed by atoms with Crippen LogP contribution in [0.1, 0.15) is 39.4 Å². The molecule has 0 spiro atoms. The van der Waals surface area contributed by atoms with Gasteiger partial charge in [-0.3, -0.25) is 9.59 Å². The molecule has 1 aliphatic heterocycles. The van der Waals surface area contributed by atoms with Crippen LogP contribution in [-0.4, -0.2) is 68.1 Å². The third-order valence-corrected chi connectivity index (χ3v) is 6.16. The van der Waals surface area contributed by atoms with Crippen molar-refractivity contribution in [3.8, 4) is 5.69 Å². The van der Waals surface area contributed by atoms with Gasteiger partial charge in [-0.25, -0.2) is 14.5 Å². The second-order valence-electron chi connectivity index (χ2n) is 8.67. The number of ketones is 1. The van der Waals surface area contributed by atoms with Crippen LogP contribution in [-0.2, 0) is 13.2 Å². The monoisotopic (exact) mass is 517 g/mol. The zero-order chi connectivity index (χ0) is 26.6. The molecule has 1 aromatic carbocycles. The quantitative estimate of drug-likeness (QED) is 0.370. The summed E-state index contributed by atoms with van der Waals surface area (Å²) < 4.78 is 43.1. The van der Waals surface area contributed by atoms with Gasteiger partial charge in [-0.1, -0.05) is 18.2 Å². The Morgan fingerprint density at radius 3 is 2.35 bits per heavy atom. The van der Waals surface area contributed by atoms with E-state index in [2.05, 4.69) is 20.7 Å². The number of halogens is 3. The lowest BCUT2D eigenvalue weighted by Crippen LogP contribution is -2.47. The van der Waals surface area contributed by atoms with E-state index in [9.17, 15) is 27.6 Å². The summed E-state index contributed by atoms with van der Waals surface area (Å²) in [5.41, 5.74) is -0.990. The number of benzene rings is 1. The van der Waals surface area contributed by atoms with Crippen molar-refractivity contribution in [3.05, 3.63) is 66.0 Å². The Bertz CT molecular complexity index is 1260. The molecule has 0 aliphatic carbocycles. The maximum Gasteiger partial charge on any atom is 0.435 e. The number of urea groups is 1. The summed E-state index contributed by atoms with van der Waals surface area (Å²) in [6.45, 7) is 0.723. The van der Waals surface area contributed by atoms with Crippen molar-refractivity contribution in [2.24, 2.45) is 13.0 Å². The largest absolute Gasteiger partial charge is 0.435 e. The molecule has 10 nitrogen and oxygen atoms in total. The summed E-state index contributed by atoms with van der Waals surface area (Å²) in [5, 5.41) is 8.60. The molecule has 1 aliphatic rings. The maximum absolute atomic E-state index is 13.5. The zero-order valence-corrected chi connectivity index (χ0v) is 20.0. The van der Waals surface area contributed by atoms with E-state index in [1.807, 2.05) is 0 Å². The van der Waals surface area contributed by atoms with Crippen LogP contribution in [0, 0.1) is 5.92 Å². The van der Waals surface area contributed by atoms with Gasteiger partial charge in [0.15, 0.2) is 11.5 Å². The standard InChI is InChI=1S/C24H26F3N7O3/c1-32-15-28-13-19(32)20(35)16-7-11-33(12-8-16)23(37)30-10-9-29-22(36)18-14-34(17-5-3-2-4-6-17)31-21(18)24(25,26)27/h2-6,13-16H,7-12H2,1H3,(H,29,36)(H,30,37). The Morgan fingerprint density at radius 2 is 1.73 bits per heavy atom. The Morgan fingerprint density at radius 1 is 1.05 bits per heavy atom. The SMILES string of the molecule is Cn1cncc1C(=O)C1CCN(C(=O)NCCNC(=O)c2cn(-c3ccccc3)nc2C(F)(F)F)CC1. The summed E-state index contributed by atoms with van der Waals surface area (Å²) in [6.07, 6.45) is 0.335. The van der Waals surface area contributed by atoms with Gasteiger partial charge in [0.2, 0.25) is 0 Å². The number of amides is 3. The molecule has 13 heteroatoms. The molecule has 37 heavy (non-hydrogen) atoms. The number of aromatic nitrogens is 4. The van der Waals surface area contributed by atoms with Gasteiger partial charge >= 0.3 is 12.2 Å². The minimum Gasteiger partial charge on any atom is -0.350 e. The molecule has 4 rings (SSSR count). The first-order chi connectivity index (χ1) is 17.6. The van der Waals surface area contributed by atoms with Crippen molar-refractivity contribution in [1.82, 2.24) is 34.9 Å². The van der Waals surface area contributed by atoms with Gasteiger partial charge < -0.3 is 20.1 Å². The summed E-state index contributed by atoms with van der Waals surface area (Å²) >= 11 is 0. The lowest BCUT2D eigenvalue weighted by atomic mass is 9.91. The van der Waals surface area contributed by atoms with E-state index < -0.39 is 23.3 Å². The van der Waals surface area contributed by atoms with E-state index in [0.29, 0.717) is 37.3 Å². The summed E-state index contributed by atoms with van der Waals surface area (Å²) in [5.74, 6) is -1.15. The van der Waals surface area contributed by atoms with Gasteiger partial charge in [0.25, 0.3) is 5.91 Å². The number of hydrogen-bond acceptors (Lipinski definition) is 5. The first-order valence-corrected chi connectivity index (χ1v) is 11.7. The van der Waals surface area contributed by atoms with E-state index in [0.717, 1.165) is 10.9 Å². The number of likely N-dealkylation sites (tertiary alicyclic amines) is 1. The lowest BCUT2D eigenvalue weighted by Gasteiger charge is -2.31. The van der Waals surface area contributed by atoms with Gasteiger partial charge in [-0.15, -0.1) is 0 Å². The van der Waals surface area contributed by atoms with Gasteiger partial charge in [0.1, 0.15) is 5.69 Å². The Balaban J connectivity index is 1.26. The van der Waals surface area contributed by atoms with Crippen LogP contribution < -0.4 is 10.6 Å². The summed E-state index contributed by atoms with van der Waals surface area (Å²) in [7, 11) is 1.75. The smallest absolute Gasteiger partial charge is 0.350 e. The molecule has 0 unspecified atom stereocenters. The number of aryl methyl sites for hydroxylation is 1. The van der Waals surface area contributed by atoms with Crippen LogP contribution in [0.25, 0.3) is 5.69 Å². The number of hydrogen-bond donors (Lipinski definition) is 2. The average Bonchev–Trinajstić information content (AvgIpc) is 3.53. The van der Waals surface area contributed by atoms with Crippen molar-refractivity contribution in [2.45, 2.75) is 19.0 Å². The molecule has 1 fully saturated rings. The zero-order valence-electron chi connectivity index (χ0n) is 20.0. The number of piperidine rings is 1. The minimum atomic E-state index is -4.81. The van der Waals surface area contributed by atoms with Crippen LogP contribution in [0.5, 0.6) is 0 Å². The second kappa shape index (κ2) is 10.8. The Labute approximate surface area is 210 Å². The molecular formula is C24H26F3N7O3. The number of rotatable bonds is 7. The predicted octanol–water partition coefficient (Wildman–Crippen LogP) is 2.66. The van der Waals surface area contributed by atoms with E-state index in [4.69, 9.17) is 0 Å². The fraction of sp³-hybridized carbons (Fsp3) is 0.375. The number of carbonyl (C=O) groups excluding carboxylic acids is 3. The molecule has 2 aromatic heterocycles. The fourth-order valence-electron chi connectivity index (χ4n) is 4.16. The van der Waals surface area contributed by atoms with Gasteiger partial charge in [0, 0.05) is 45.3 Å². The molecular weight excluding hydrogens is 491 g/mol. The minimum absolute atomic E-state index is 0.00316. The highest BCUT2D eigenvalue weighted by atomic mass is 19.4. The van der Waals surface area contributed by atoms with Crippen molar-refractivity contribution in [3.63, 3.8) is 0 Å². The number of para-hydroxylation sites is 1. The molecule has 3 aromatic rings. The molecule has 0 saturated carbocycles. The molecule has 1 saturated heterocycles. The highest BCUT2D eigenvalue weighted by Crippen LogP contribution is 2.31. The van der Waals surface area contributed by atoms with Crippen LogP contribution in [0.15, 0.2) is 49.1 Å². The molecule has 0 bridgehead atoms. The third kappa shape index (κ3) is 5.98. The van der Waals surface area contributed by atoms with Crippen molar-refractivity contribution < 1.29 is 27.6 Å². The second-order valence-corrected chi connectivity index (χ2v) is 8.67. The number of carbonyl (C=O) groups is 3. The van der Waals surface area contributed by atoms with E-state index in [1.54, 1.807) is 53.2 Å². The number of nitrogens with one attached hydrogen (secondary N) is 2. The van der Waals surface area contributed by atoms with Crippen molar-refractivity contribution >= 4 is 17.7 Å². The van der Waals surface area contributed by atoms with Crippen molar-refractivity contribution in [2.75, 3.05) is 26.2 Å². The summed E-state index contributed by atoms with van der Waals surface area (Å²) in [4.78, 5) is 43.1. The van der Waals surface area contributed by atoms with E-state index in [-0.39, 0.29) is 30.8 Å². The summed E-state index contributed by atoms with van der Waals surface area (Å²) in [6, 6.07) is 7.78. The molecule has 3 heterocycles. The van der Waals surface area contributed by atoms with Crippen LogP contribution in [0.2, 0.25) is 0 Å². The van der Waals surface area contributed by atoms with E-state index >= 15 is 0 Å². The molecule has 3 amide bonds. The highest BCUT2D eigenvalue weighted by molar-refractivity contribution is 5.96. The average molecular weight is 518 g/mol. The Kier molecular flexibility index (Phi) is 7.60. The number of Topliss-reactive ketones (excluding diaryl/α,β-unsaturated/α-hetero) is 1. The lowest BCUT2D eigenvalue weighted by molar-refractivity contribution is -0.141. The first-order valence-electron chi connectivity index (χ1n) is 11.7. The first kappa shape index (κ1) is 25.9. The molecule has 0 atom stereocenters. The fourth-order valence-corrected chi connectivity index (χ4v) is 4.16. The van der Waals surface area contributed by atoms with Gasteiger partial charge in [-0.05, 0) is 25.0 Å². The maximum atomic E-state index is 13.5. The molecule has 2 N–H and O–H groups in total. The number of alkyl halides is 3. The Hall–Kier alpha value is -4.16. The van der Waals surface area contributed by atoms with Gasteiger partial charge in [0.05, 0.1) is 23.8 Å². The molecule has 196 valence electrons. The third-order valence-electron chi connectivity index (χ3n) is 6.16. The predicted molar refractivity (Wildman–Crippen MR) is 126 cm³/mol. The van der Waals surface area contributed by atoms with Gasteiger partial charge in [-0.2, -0.15) is 18.3 Å². The van der Waals surface area contributed by atoms with Crippen molar-refractivity contribution in [1.29, 1.82) is 0 Å². The van der Waals surface area contributed by atoms with Crippen LogP contribution in [0.4, 0.5) is 18.0 Å². The van der Waals surface area contributed by atoms with Crippen LogP contribution >= 0.6 is 0 Å². The number of nitrogens with zero attached hydrogens (tertiary/aromatic N) is 5. The molecule has 0 radical (unpaired) electrons. The topological polar surface area (TPSA) is 114 Å². The highest BCUT2D eigenvalue weighted by Gasteiger charge is 2.39. The number of imidazole rings is 1.